The summed E-state index contributed by atoms with van der Waals surface area (Å²) in [5.41, 5.74) is 2.13. The maximum atomic E-state index is 8.75. The van der Waals surface area contributed by atoms with Gasteiger partial charge in [0.2, 0.25) is 0 Å². The van der Waals surface area contributed by atoms with E-state index < -0.39 is 0 Å². The van der Waals surface area contributed by atoms with E-state index in [2.05, 4.69) is 10.3 Å². The van der Waals surface area contributed by atoms with E-state index in [0.29, 0.717) is 13.2 Å². The summed E-state index contributed by atoms with van der Waals surface area (Å²) in [5, 5.41) is 16.8. The minimum Gasteiger partial charge on any atom is -0.492 e. The summed E-state index contributed by atoms with van der Waals surface area (Å²) in [6, 6.07) is 7.97. The lowest BCUT2D eigenvalue weighted by Gasteiger charge is -2.05. The van der Waals surface area contributed by atoms with Crippen molar-refractivity contribution in [1.82, 2.24) is 15.0 Å². The number of aliphatic hydroxyl groups is 1. The smallest absolute Gasteiger partial charge is 0.119 e. The van der Waals surface area contributed by atoms with Gasteiger partial charge in [-0.1, -0.05) is 22.9 Å². The van der Waals surface area contributed by atoms with Crippen LogP contribution in [0.3, 0.4) is 0 Å². The molecule has 2 aromatic rings. The van der Waals surface area contributed by atoms with Crippen LogP contribution in [0.25, 0.3) is 0 Å². The Morgan fingerprint density at radius 3 is 2.79 bits per heavy atom. The normalized spacial score (nSPS) is 10.6. The molecule has 0 amide bonds. The summed E-state index contributed by atoms with van der Waals surface area (Å²) in [5.74, 6) is 0.867. The number of nitrogens with zero attached hydrogens (tertiary/aromatic N) is 3. The van der Waals surface area contributed by atoms with Crippen molar-refractivity contribution in [2.45, 2.75) is 26.3 Å². The molecule has 0 saturated carbocycles. The number of hydrogen-bond acceptors (Lipinski definition) is 4. The first kappa shape index (κ1) is 13.5. The highest BCUT2D eigenvalue weighted by Crippen LogP contribution is 2.11. The minimum absolute atomic E-state index is 0.184. The molecule has 0 saturated heterocycles. The predicted molar refractivity (Wildman–Crippen MR) is 72.1 cm³/mol. The topological polar surface area (TPSA) is 60.2 Å². The van der Waals surface area contributed by atoms with Gasteiger partial charge in [0.25, 0.3) is 0 Å². The standard InChI is InChI=1S/C14H19N3O2/c1-12-4-6-14(7-5-12)19-10-8-17-11-13(15-16-17)3-2-9-18/h4-7,11,18H,2-3,8-10H2,1H3. The van der Waals surface area contributed by atoms with Crippen LogP contribution < -0.4 is 4.74 Å². The van der Waals surface area contributed by atoms with Gasteiger partial charge in [-0.3, -0.25) is 0 Å². The highest BCUT2D eigenvalue weighted by molar-refractivity contribution is 5.26. The zero-order valence-corrected chi connectivity index (χ0v) is 11.1. The molecule has 0 atom stereocenters. The van der Waals surface area contributed by atoms with E-state index in [4.69, 9.17) is 9.84 Å². The molecule has 1 heterocycles. The molecule has 1 aromatic heterocycles. The van der Waals surface area contributed by atoms with Crippen molar-refractivity contribution in [3.8, 4) is 5.75 Å². The second-order valence-electron chi connectivity index (χ2n) is 4.46. The van der Waals surface area contributed by atoms with Crippen molar-refractivity contribution in [2.75, 3.05) is 13.2 Å². The molecule has 0 aliphatic carbocycles. The fraction of sp³-hybridized carbons (Fsp3) is 0.429. The third kappa shape index (κ3) is 4.37. The molecule has 5 nitrogen and oxygen atoms in total. The van der Waals surface area contributed by atoms with E-state index in [1.807, 2.05) is 37.4 Å². The van der Waals surface area contributed by atoms with Gasteiger partial charge in [0.15, 0.2) is 0 Å². The molecule has 1 N–H and O–H groups in total. The van der Waals surface area contributed by atoms with Crippen LogP contribution in [-0.4, -0.2) is 33.3 Å². The zero-order chi connectivity index (χ0) is 13.5. The lowest BCUT2D eigenvalue weighted by Crippen LogP contribution is -2.08. The van der Waals surface area contributed by atoms with E-state index in [-0.39, 0.29) is 6.61 Å². The summed E-state index contributed by atoms with van der Waals surface area (Å²) in [6.45, 7) is 3.46. The van der Waals surface area contributed by atoms with Crippen molar-refractivity contribution in [3.05, 3.63) is 41.7 Å². The second-order valence-corrected chi connectivity index (χ2v) is 4.46. The van der Waals surface area contributed by atoms with E-state index in [1.54, 1.807) is 4.68 Å². The first-order valence-corrected chi connectivity index (χ1v) is 6.47. The lowest BCUT2D eigenvalue weighted by atomic mass is 10.2. The van der Waals surface area contributed by atoms with Gasteiger partial charge in [-0.05, 0) is 31.9 Å². The van der Waals surface area contributed by atoms with Crippen molar-refractivity contribution >= 4 is 0 Å². The molecule has 1 aromatic carbocycles. The van der Waals surface area contributed by atoms with Gasteiger partial charge in [0.05, 0.1) is 12.2 Å². The molecule has 5 heteroatoms. The average molecular weight is 261 g/mol. The van der Waals surface area contributed by atoms with Gasteiger partial charge in [0, 0.05) is 12.8 Å². The number of benzene rings is 1. The highest BCUT2D eigenvalue weighted by atomic mass is 16.5. The molecule has 19 heavy (non-hydrogen) atoms. The van der Waals surface area contributed by atoms with Crippen LogP contribution in [0.1, 0.15) is 17.7 Å². The monoisotopic (exact) mass is 261 g/mol. The average Bonchev–Trinajstić information content (AvgIpc) is 2.87. The maximum absolute atomic E-state index is 8.75. The second kappa shape index (κ2) is 6.89. The zero-order valence-electron chi connectivity index (χ0n) is 11.1. The van der Waals surface area contributed by atoms with Gasteiger partial charge >= 0.3 is 0 Å². The Hall–Kier alpha value is -1.88. The van der Waals surface area contributed by atoms with Crippen LogP contribution >= 0.6 is 0 Å². The van der Waals surface area contributed by atoms with Crippen molar-refractivity contribution in [1.29, 1.82) is 0 Å². The molecule has 0 fully saturated rings. The molecule has 102 valence electrons. The van der Waals surface area contributed by atoms with E-state index in [1.165, 1.54) is 5.56 Å². The maximum Gasteiger partial charge on any atom is 0.119 e. The van der Waals surface area contributed by atoms with Crippen molar-refractivity contribution < 1.29 is 9.84 Å². The van der Waals surface area contributed by atoms with Crippen molar-refractivity contribution in [3.63, 3.8) is 0 Å². The molecular weight excluding hydrogens is 242 g/mol. The minimum atomic E-state index is 0.184. The molecule has 0 aliphatic heterocycles. The van der Waals surface area contributed by atoms with Crippen LogP contribution in [0.5, 0.6) is 5.75 Å². The Labute approximate surface area is 112 Å². The number of ether oxygens (including phenoxy) is 1. The Bertz CT molecular complexity index is 494. The quantitative estimate of drug-likeness (QED) is 0.822. The van der Waals surface area contributed by atoms with Crippen molar-refractivity contribution in [2.24, 2.45) is 0 Å². The number of aliphatic hydroxyl groups excluding tert-OH is 1. The third-order valence-corrected chi connectivity index (χ3v) is 2.79. The molecule has 0 unspecified atom stereocenters. The van der Waals surface area contributed by atoms with Crippen LogP contribution in [0.4, 0.5) is 0 Å². The Morgan fingerprint density at radius 1 is 1.26 bits per heavy atom. The molecular formula is C14H19N3O2. The summed E-state index contributed by atoms with van der Waals surface area (Å²) in [4.78, 5) is 0. The molecule has 0 radical (unpaired) electrons. The fourth-order valence-corrected chi connectivity index (χ4v) is 1.71. The number of aromatic nitrogens is 3. The van der Waals surface area contributed by atoms with Crippen LogP contribution in [0, 0.1) is 6.92 Å². The summed E-state index contributed by atoms with van der Waals surface area (Å²) in [7, 11) is 0. The fourth-order valence-electron chi connectivity index (χ4n) is 1.71. The summed E-state index contributed by atoms with van der Waals surface area (Å²) >= 11 is 0. The highest BCUT2D eigenvalue weighted by Gasteiger charge is 2.00. The number of rotatable bonds is 7. The largest absolute Gasteiger partial charge is 0.492 e. The molecule has 2 rings (SSSR count). The third-order valence-electron chi connectivity index (χ3n) is 2.79. The number of hydrogen-bond donors (Lipinski definition) is 1. The first-order valence-electron chi connectivity index (χ1n) is 6.47. The SMILES string of the molecule is Cc1ccc(OCCn2cc(CCCO)nn2)cc1. The van der Waals surface area contributed by atoms with Gasteiger partial charge in [-0.2, -0.15) is 0 Å². The van der Waals surface area contributed by atoms with Crippen LogP contribution in [0.15, 0.2) is 30.5 Å². The van der Waals surface area contributed by atoms with Crippen LogP contribution in [0.2, 0.25) is 0 Å². The summed E-state index contributed by atoms with van der Waals surface area (Å²) in [6.07, 6.45) is 3.38. The summed E-state index contributed by atoms with van der Waals surface area (Å²) < 4.78 is 7.39. The van der Waals surface area contributed by atoms with Gasteiger partial charge < -0.3 is 9.84 Å². The molecule has 0 spiro atoms. The molecule has 0 bridgehead atoms. The lowest BCUT2D eigenvalue weighted by molar-refractivity contribution is 0.288. The van der Waals surface area contributed by atoms with Crippen LogP contribution in [-0.2, 0) is 13.0 Å². The Balaban J connectivity index is 1.76. The first-order chi connectivity index (χ1) is 9.28. The Morgan fingerprint density at radius 2 is 2.05 bits per heavy atom. The Kier molecular flexibility index (Phi) is 4.92. The molecule has 0 aliphatic rings. The number of aryl methyl sites for hydroxylation is 2. The van der Waals surface area contributed by atoms with Gasteiger partial charge in [0.1, 0.15) is 12.4 Å². The van der Waals surface area contributed by atoms with Gasteiger partial charge in [-0.15, -0.1) is 5.10 Å². The predicted octanol–water partition coefficient (Wildman–Crippen LogP) is 1.59. The van der Waals surface area contributed by atoms with Gasteiger partial charge in [-0.25, -0.2) is 4.68 Å². The van der Waals surface area contributed by atoms with E-state index in [0.717, 1.165) is 24.3 Å². The van der Waals surface area contributed by atoms with E-state index >= 15 is 0 Å². The van der Waals surface area contributed by atoms with E-state index in [9.17, 15) is 0 Å².